The third kappa shape index (κ3) is 4.31. The number of nitrogens with one attached hydrogen (secondary N) is 3. The molecular weight excluding hydrogens is 423 g/mol. The van der Waals surface area contributed by atoms with Gasteiger partial charge in [-0.05, 0) is 31.2 Å². The number of amides is 1. The van der Waals surface area contributed by atoms with Crippen molar-refractivity contribution in [2.24, 2.45) is 0 Å². The van der Waals surface area contributed by atoms with Crippen LogP contribution >= 0.6 is 11.6 Å². The lowest BCUT2D eigenvalue weighted by atomic mass is 10.1. The van der Waals surface area contributed by atoms with Crippen LogP contribution in [0.15, 0.2) is 43.0 Å². The second-order valence-corrected chi connectivity index (χ2v) is 7.26. The van der Waals surface area contributed by atoms with Gasteiger partial charge in [-0.2, -0.15) is 15.5 Å². The fraction of sp³-hybridized carbons (Fsp3) is 0.150. The van der Waals surface area contributed by atoms with Crippen molar-refractivity contribution in [3.8, 4) is 28.7 Å². The average Bonchev–Trinajstić information content (AvgIpc) is 3.48. The number of aromatic amines is 2. The van der Waals surface area contributed by atoms with Crippen LogP contribution in [-0.4, -0.2) is 41.9 Å². The Morgan fingerprint density at radius 1 is 1.39 bits per heavy atom. The first-order chi connectivity index (χ1) is 14.9. The number of hydrogen-bond acceptors (Lipinski definition) is 5. The second kappa shape index (κ2) is 8.41. The maximum absolute atomic E-state index is 14.0. The van der Waals surface area contributed by atoms with Gasteiger partial charge in [-0.3, -0.25) is 14.6 Å². The Morgan fingerprint density at radius 2 is 2.23 bits per heavy atom. The Morgan fingerprint density at radius 3 is 2.94 bits per heavy atom. The molecule has 4 rings (SSSR count). The second-order valence-electron chi connectivity index (χ2n) is 6.86. The molecule has 3 aromatic heterocycles. The van der Waals surface area contributed by atoms with Crippen molar-refractivity contribution < 1.29 is 9.18 Å². The zero-order valence-corrected chi connectivity index (χ0v) is 17.0. The molecule has 3 N–H and O–H groups in total. The molecule has 11 heteroatoms. The number of benzene rings is 1. The molecule has 0 fully saturated rings. The molecule has 31 heavy (non-hydrogen) atoms. The third-order valence-corrected chi connectivity index (χ3v) is 4.82. The summed E-state index contributed by atoms with van der Waals surface area (Å²) in [5.74, 6) is -1.01. The van der Waals surface area contributed by atoms with E-state index in [1.807, 2.05) is 6.92 Å². The predicted octanol–water partition coefficient (Wildman–Crippen LogP) is 3.15. The number of H-pyrrole nitrogens is 2. The Bertz CT molecular complexity index is 1250. The first kappa shape index (κ1) is 20.3. The molecule has 0 aliphatic rings. The number of halogens is 2. The van der Waals surface area contributed by atoms with E-state index in [1.165, 1.54) is 18.5 Å². The van der Waals surface area contributed by atoms with Crippen LogP contribution in [0.2, 0.25) is 5.02 Å². The number of nitriles is 1. The summed E-state index contributed by atoms with van der Waals surface area (Å²) in [6.07, 6.45) is 4.86. The van der Waals surface area contributed by atoms with Gasteiger partial charge in [-0.25, -0.2) is 9.37 Å². The van der Waals surface area contributed by atoms with Crippen molar-refractivity contribution in [3.63, 3.8) is 0 Å². The Balaban J connectivity index is 1.41. The molecule has 1 aromatic carbocycles. The Kier molecular flexibility index (Phi) is 5.51. The van der Waals surface area contributed by atoms with Crippen molar-refractivity contribution in [1.29, 1.82) is 5.26 Å². The Hall–Kier alpha value is -3.97. The molecule has 0 spiro atoms. The summed E-state index contributed by atoms with van der Waals surface area (Å²) in [4.78, 5) is 19.3. The molecule has 3 heterocycles. The zero-order chi connectivity index (χ0) is 22.0. The van der Waals surface area contributed by atoms with E-state index in [0.29, 0.717) is 34.9 Å². The van der Waals surface area contributed by atoms with Gasteiger partial charge in [0.25, 0.3) is 5.91 Å². The molecule has 0 bridgehead atoms. The molecule has 0 saturated carbocycles. The van der Waals surface area contributed by atoms with E-state index in [9.17, 15) is 9.18 Å². The number of imidazole rings is 1. The molecule has 0 saturated heterocycles. The monoisotopic (exact) mass is 438 g/mol. The minimum atomic E-state index is -0.700. The summed E-state index contributed by atoms with van der Waals surface area (Å²) in [7, 11) is 0. The van der Waals surface area contributed by atoms with Crippen molar-refractivity contribution in [2.75, 3.05) is 0 Å². The number of nitrogens with zero attached hydrogens (tertiary/aromatic N) is 5. The fourth-order valence-corrected chi connectivity index (χ4v) is 3.29. The van der Waals surface area contributed by atoms with E-state index < -0.39 is 5.82 Å². The highest BCUT2D eigenvalue weighted by molar-refractivity contribution is 6.32. The quantitative estimate of drug-likeness (QED) is 0.426. The average molecular weight is 439 g/mol. The fourth-order valence-electron chi connectivity index (χ4n) is 3.04. The van der Waals surface area contributed by atoms with E-state index in [4.69, 9.17) is 16.9 Å². The van der Waals surface area contributed by atoms with Crippen LogP contribution in [0, 0.1) is 17.1 Å². The molecule has 1 unspecified atom stereocenters. The highest BCUT2D eigenvalue weighted by Gasteiger charge is 2.16. The Labute approximate surface area is 180 Å². The van der Waals surface area contributed by atoms with Gasteiger partial charge in [-0.15, -0.1) is 0 Å². The minimum Gasteiger partial charge on any atom is -0.346 e. The number of carbonyl (C=O) groups excluding carboxylic acids is 1. The van der Waals surface area contributed by atoms with Crippen LogP contribution in [0.3, 0.4) is 0 Å². The van der Waals surface area contributed by atoms with E-state index in [1.54, 1.807) is 35.3 Å². The van der Waals surface area contributed by atoms with Crippen LogP contribution in [0.25, 0.3) is 22.6 Å². The van der Waals surface area contributed by atoms with Gasteiger partial charge in [0.05, 0.1) is 35.5 Å². The van der Waals surface area contributed by atoms with Gasteiger partial charge in [0.2, 0.25) is 0 Å². The summed E-state index contributed by atoms with van der Waals surface area (Å²) in [5, 5.41) is 23.0. The van der Waals surface area contributed by atoms with E-state index in [2.05, 4.69) is 30.6 Å². The summed E-state index contributed by atoms with van der Waals surface area (Å²) in [6, 6.07) is 7.53. The van der Waals surface area contributed by atoms with Crippen LogP contribution < -0.4 is 5.32 Å². The molecule has 156 valence electrons. The largest absolute Gasteiger partial charge is 0.346 e. The highest BCUT2D eigenvalue weighted by atomic mass is 35.5. The molecule has 1 atom stereocenters. The van der Waals surface area contributed by atoms with Crippen molar-refractivity contribution in [3.05, 3.63) is 65.1 Å². The first-order valence-electron chi connectivity index (χ1n) is 9.22. The number of hydrogen-bond donors (Lipinski definition) is 3. The number of carbonyl (C=O) groups is 1. The van der Waals surface area contributed by atoms with Crippen LogP contribution in [0.4, 0.5) is 4.39 Å². The number of aromatic nitrogens is 6. The summed E-state index contributed by atoms with van der Waals surface area (Å²) >= 11 is 5.97. The predicted molar refractivity (Wildman–Crippen MR) is 110 cm³/mol. The zero-order valence-electron chi connectivity index (χ0n) is 16.2. The smallest absolute Gasteiger partial charge is 0.269 e. The van der Waals surface area contributed by atoms with Gasteiger partial charge in [-0.1, -0.05) is 11.6 Å². The lowest BCUT2D eigenvalue weighted by Gasteiger charge is -2.13. The molecule has 0 radical (unpaired) electrons. The lowest BCUT2D eigenvalue weighted by Crippen LogP contribution is -2.36. The summed E-state index contributed by atoms with van der Waals surface area (Å²) < 4.78 is 15.6. The van der Waals surface area contributed by atoms with Crippen LogP contribution in [0.1, 0.15) is 23.0 Å². The summed E-state index contributed by atoms with van der Waals surface area (Å²) in [5.41, 5.74) is 2.37. The van der Waals surface area contributed by atoms with Gasteiger partial charge in [0, 0.05) is 17.8 Å². The van der Waals surface area contributed by atoms with Gasteiger partial charge in [0.15, 0.2) is 0 Å². The molecule has 0 aliphatic heterocycles. The third-order valence-electron chi connectivity index (χ3n) is 4.53. The topological polar surface area (TPSA) is 128 Å². The minimum absolute atomic E-state index is 0.0294. The molecular formula is C20H16ClFN8O. The number of rotatable bonds is 6. The van der Waals surface area contributed by atoms with Crippen molar-refractivity contribution in [2.45, 2.75) is 19.5 Å². The maximum atomic E-state index is 14.0. The molecule has 4 aromatic rings. The van der Waals surface area contributed by atoms with E-state index in [-0.39, 0.29) is 22.5 Å². The normalized spacial score (nSPS) is 11.8. The van der Waals surface area contributed by atoms with Crippen LogP contribution in [-0.2, 0) is 6.54 Å². The van der Waals surface area contributed by atoms with E-state index in [0.717, 1.165) is 0 Å². The summed E-state index contributed by atoms with van der Waals surface area (Å²) in [6.45, 7) is 2.23. The molecule has 1 amide bonds. The molecule has 9 nitrogen and oxygen atoms in total. The SMILES string of the molecule is CC(Cn1ccc(-c2cc(F)c(C#N)c(Cl)c2)n1)NC(=O)c1cc(-c2cnc[nH]2)n[nH]1. The maximum Gasteiger partial charge on any atom is 0.269 e. The van der Waals surface area contributed by atoms with Gasteiger partial charge < -0.3 is 10.3 Å². The van der Waals surface area contributed by atoms with Crippen LogP contribution in [0.5, 0.6) is 0 Å². The first-order valence-corrected chi connectivity index (χ1v) is 9.60. The molecule has 0 aliphatic carbocycles. The standard InChI is InChI=1S/C20H16ClFN8O/c1-11(26-20(31)18-6-17(27-28-18)19-8-24-10-25-19)9-30-3-2-16(29-30)12-4-14(21)13(7-23)15(22)5-12/h2-6,8,10-11H,9H2,1H3,(H,24,25)(H,26,31)(H,27,28). The van der Waals surface area contributed by atoms with Gasteiger partial charge in [0.1, 0.15) is 28.8 Å². The highest BCUT2D eigenvalue weighted by Crippen LogP contribution is 2.26. The lowest BCUT2D eigenvalue weighted by molar-refractivity contribution is 0.0931. The van der Waals surface area contributed by atoms with Crippen molar-refractivity contribution in [1.82, 2.24) is 35.3 Å². The van der Waals surface area contributed by atoms with Crippen molar-refractivity contribution >= 4 is 17.5 Å². The van der Waals surface area contributed by atoms with E-state index >= 15 is 0 Å². The van der Waals surface area contributed by atoms with Gasteiger partial charge >= 0.3 is 0 Å².